The molecule has 0 aliphatic carbocycles. The van der Waals surface area contributed by atoms with Gasteiger partial charge in [-0.15, -0.1) is 0 Å². The van der Waals surface area contributed by atoms with Gasteiger partial charge in [0.1, 0.15) is 18.1 Å². The number of hydrogen-bond donors (Lipinski definition) is 2. The first-order chi connectivity index (χ1) is 6.31. The van der Waals surface area contributed by atoms with E-state index in [0.717, 1.165) is 17.4 Å². The minimum absolute atomic E-state index is 0.218. The highest BCUT2D eigenvalue weighted by Gasteiger charge is 2.14. The lowest BCUT2D eigenvalue weighted by atomic mass is 9.98. The summed E-state index contributed by atoms with van der Waals surface area (Å²) in [5.74, 6) is 0.218. The van der Waals surface area contributed by atoms with Gasteiger partial charge in [0.25, 0.3) is 0 Å². The minimum Gasteiger partial charge on any atom is -0.508 e. The van der Waals surface area contributed by atoms with E-state index in [1.807, 2.05) is 6.08 Å². The highest BCUT2D eigenvalue weighted by atomic mass is 16.3. The molecule has 0 saturated carbocycles. The molecule has 0 amide bonds. The Morgan fingerprint density at radius 2 is 2.31 bits per heavy atom. The van der Waals surface area contributed by atoms with Gasteiger partial charge in [0, 0.05) is 0 Å². The number of carbonyl (C=O) groups is 1. The number of aldehydes is 1. The van der Waals surface area contributed by atoms with E-state index in [2.05, 4.69) is 5.32 Å². The van der Waals surface area contributed by atoms with Crippen molar-refractivity contribution in [3.05, 3.63) is 35.5 Å². The van der Waals surface area contributed by atoms with Crippen molar-refractivity contribution < 1.29 is 9.90 Å². The Morgan fingerprint density at radius 3 is 3.08 bits per heavy atom. The zero-order valence-electron chi connectivity index (χ0n) is 6.90. The summed E-state index contributed by atoms with van der Waals surface area (Å²) in [5, 5.41) is 12.1. The van der Waals surface area contributed by atoms with Crippen LogP contribution < -0.4 is 5.32 Å². The number of carbonyl (C=O) groups excluding carboxylic acids is 1. The molecule has 2 rings (SSSR count). The Kier molecular flexibility index (Phi) is 1.77. The first-order valence-corrected chi connectivity index (χ1v) is 4.02. The average Bonchev–Trinajstić information content (AvgIpc) is 2.16. The number of phenols is 1. The molecule has 0 spiro atoms. The largest absolute Gasteiger partial charge is 0.508 e. The van der Waals surface area contributed by atoms with E-state index < -0.39 is 0 Å². The predicted octanol–water partition coefficient (Wildman–Crippen LogP) is 1.21. The van der Waals surface area contributed by atoms with Gasteiger partial charge < -0.3 is 15.2 Å². The molecule has 0 fully saturated rings. The van der Waals surface area contributed by atoms with E-state index in [4.69, 9.17) is 0 Å². The fourth-order valence-electron chi connectivity index (χ4n) is 1.43. The number of hydrogen-bond acceptors (Lipinski definition) is 3. The van der Waals surface area contributed by atoms with Gasteiger partial charge in [-0.1, -0.05) is 6.07 Å². The average molecular weight is 175 g/mol. The normalized spacial score (nSPS) is 18.9. The number of fused-ring (bicyclic) bond motifs is 1. The second-order valence-corrected chi connectivity index (χ2v) is 2.93. The molecular weight excluding hydrogens is 166 g/mol. The van der Waals surface area contributed by atoms with Gasteiger partial charge in [0.05, 0.1) is 0 Å². The molecule has 0 bridgehead atoms. The first kappa shape index (κ1) is 7.86. The molecule has 13 heavy (non-hydrogen) atoms. The molecule has 66 valence electrons. The van der Waals surface area contributed by atoms with Crippen molar-refractivity contribution in [1.29, 1.82) is 0 Å². The lowest BCUT2D eigenvalue weighted by molar-refractivity contribution is -0.109. The summed E-state index contributed by atoms with van der Waals surface area (Å²) in [5.41, 5.74) is 1.78. The number of aromatic hydroxyl groups is 1. The molecule has 1 aromatic carbocycles. The monoisotopic (exact) mass is 175 g/mol. The molecule has 1 atom stereocenters. The van der Waals surface area contributed by atoms with Crippen molar-refractivity contribution in [3.8, 4) is 5.75 Å². The highest BCUT2D eigenvalue weighted by Crippen LogP contribution is 2.25. The fourth-order valence-corrected chi connectivity index (χ4v) is 1.43. The van der Waals surface area contributed by atoms with Gasteiger partial charge in [-0.05, 0) is 35.5 Å². The Bertz CT molecular complexity index is 371. The Morgan fingerprint density at radius 1 is 1.46 bits per heavy atom. The Hall–Kier alpha value is -1.77. The summed E-state index contributed by atoms with van der Waals surface area (Å²) < 4.78 is 0. The van der Waals surface area contributed by atoms with Crippen molar-refractivity contribution in [2.45, 2.75) is 6.04 Å². The SMILES string of the molecule is O=CC1NC=Cc2cc(O)ccc21. The van der Waals surface area contributed by atoms with Gasteiger partial charge in [-0.3, -0.25) is 0 Å². The predicted molar refractivity (Wildman–Crippen MR) is 49.1 cm³/mol. The van der Waals surface area contributed by atoms with E-state index in [9.17, 15) is 9.90 Å². The third kappa shape index (κ3) is 1.28. The first-order valence-electron chi connectivity index (χ1n) is 4.02. The minimum atomic E-state index is -0.291. The van der Waals surface area contributed by atoms with Crippen LogP contribution >= 0.6 is 0 Å². The van der Waals surface area contributed by atoms with Crippen LogP contribution in [0.1, 0.15) is 17.2 Å². The van der Waals surface area contributed by atoms with Crippen LogP contribution in [0, 0.1) is 0 Å². The fraction of sp³-hybridized carbons (Fsp3) is 0.100. The molecule has 1 heterocycles. The van der Waals surface area contributed by atoms with Gasteiger partial charge in [0.2, 0.25) is 0 Å². The smallest absolute Gasteiger partial charge is 0.146 e. The topological polar surface area (TPSA) is 49.3 Å². The highest BCUT2D eigenvalue weighted by molar-refractivity contribution is 5.70. The Labute approximate surface area is 75.7 Å². The zero-order chi connectivity index (χ0) is 9.26. The van der Waals surface area contributed by atoms with Crippen LogP contribution in [0.2, 0.25) is 0 Å². The summed E-state index contributed by atoms with van der Waals surface area (Å²) in [6, 6.07) is 4.68. The van der Waals surface area contributed by atoms with E-state index >= 15 is 0 Å². The molecule has 0 saturated heterocycles. The van der Waals surface area contributed by atoms with Gasteiger partial charge >= 0.3 is 0 Å². The maximum Gasteiger partial charge on any atom is 0.146 e. The number of nitrogens with one attached hydrogen (secondary N) is 1. The summed E-state index contributed by atoms with van der Waals surface area (Å²) in [6.45, 7) is 0. The molecule has 1 aromatic rings. The molecule has 1 aliphatic heterocycles. The van der Waals surface area contributed by atoms with Crippen LogP contribution in [0.3, 0.4) is 0 Å². The van der Waals surface area contributed by atoms with Gasteiger partial charge in [0.15, 0.2) is 0 Å². The van der Waals surface area contributed by atoms with Crippen molar-refractivity contribution in [3.63, 3.8) is 0 Å². The summed E-state index contributed by atoms with van der Waals surface area (Å²) in [6.07, 6.45) is 4.38. The van der Waals surface area contributed by atoms with Crippen LogP contribution in [0.25, 0.3) is 6.08 Å². The zero-order valence-corrected chi connectivity index (χ0v) is 6.90. The van der Waals surface area contributed by atoms with Crippen molar-refractivity contribution in [1.82, 2.24) is 5.32 Å². The van der Waals surface area contributed by atoms with Crippen LogP contribution in [-0.2, 0) is 4.79 Å². The molecule has 1 aliphatic rings. The van der Waals surface area contributed by atoms with Crippen LogP contribution in [0.5, 0.6) is 5.75 Å². The maximum absolute atomic E-state index is 10.6. The van der Waals surface area contributed by atoms with Crippen molar-refractivity contribution >= 4 is 12.4 Å². The second-order valence-electron chi connectivity index (χ2n) is 2.93. The lowest BCUT2D eigenvalue weighted by Crippen LogP contribution is -2.20. The summed E-state index contributed by atoms with van der Waals surface area (Å²) in [4.78, 5) is 10.6. The number of phenolic OH excluding ortho intramolecular Hbond substituents is 1. The molecule has 3 heteroatoms. The molecule has 0 aromatic heterocycles. The summed E-state index contributed by atoms with van der Waals surface area (Å²) in [7, 11) is 0. The number of benzene rings is 1. The molecule has 2 N–H and O–H groups in total. The maximum atomic E-state index is 10.6. The van der Waals surface area contributed by atoms with E-state index in [1.165, 1.54) is 0 Å². The van der Waals surface area contributed by atoms with Crippen molar-refractivity contribution in [2.24, 2.45) is 0 Å². The summed E-state index contributed by atoms with van der Waals surface area (Å²) >= 11 is 0. The molecule has 3 nitrogen and oxygen atoms in total. The van der Waals surface area contributed by atoms with Crippen LogP contribution in [-0.4, -0.2) is 11.4 Å². The molecule has 1 unspecified atom stereocenters. The third-order valence-corrected chi connectivity index (χ3v) is 2.08. The standard InChI is InChI=1S/C10H9NO2/c12-6-10-9-2-1-8(13)5-7(9)3-4-11-10/h1-6,10-11,13H. The van der Waals surface area contributed by atoms with E-state index in [-0.39, 0.29) is 11.8 Å². The van der Waals surface area contributed by atoms with Crippen LogP contribution in [0.15, 0.2) is 24.4 Å². The van der Waals surface area contributed by atoms with E-state index in [1.54, 1.807) is 24.4 Å². The molecular formula is C10H9NO2. The lowest BCUT2D eigenvalue weighted by Gasteiger charge is -2.18. The van der Waals surface area contributed by atoms with Crippen LogP contribution in [0.4, 0.5) is 0 Å². The Balaban J connectivity index is 2.53. The third-order valence-electron chi connectivity index (χ3n) is 2.08. The van der Waals surface area contributed by atoms with Crippen molar-refractivity contribution in [2.75, 3.05) is 0 Å². The van der Waals surface area contributed by atoms with Gasteiger partial charge in [-0.2, -0.15) is 0 Å². The van der Waals surface area contributed by atoms with E-state index in [0.29, 0.717) is 0 Å². The quantitative estimate of drug-likeness (QED) is 0.630. The molecule has 0 radical (unpaired) electrons. The second kappa shape index (κ2) is 2.94. The van der Waals surface area contributed by atoms with Gasteiger partial charge in [-0.25, -0.2) is 0 Å². The number of rotatable bonds is 1.